The minimum absolute atomic E-state index is 0.0811. The van der Waals surface area contributed by atoms with E-state index in [0.717, 1.165) is 13.2 Å². The lowest BCUT2D eigenvalue weighted by Crippen LogP contribution is -2.11. The molecule has 20 heavy (non-hydrogen) atoms. The van der Waals surface area contributed by atoms with E-state index in [1.54, 1.807) is 5.38 Å². The molecule has 0 fully saturated rings. The van der Waals surface area contributed by atoms with Crippen molar-refractivity contribution in [3.05, 3.63) is 11.6 Å². The molecular weight excluding hydrogens is 308 g/mol. The maximum Gasteiger partial charge on any atom is 0.308 e. The number of ether oxygens (including phenoxy) is 1. The molecule has 2 rings (SSSR count). The predicted molar refractivity (Wildman–Crippen MR) is 71.3 cm³/mol. The minimum Gasteiger partial charge on any atom is -0.501 e. The van der Waals surface area contributed by atoms with Crippen molar-refractivity contribution in [1.82, 2.24) is 4.98 Å². The number of rotatable bonds is 4. The van der Waals surface area contributed by atoms with Gasteiger partial charge in [0.1, 0.15) is 0 Å². The molecule has 0 unspecified atom stereocenters. The maximum absolute atomic E-state index is 11.2. The molecule has 0 aliphatic rings. The minimum atomic E-state index is -3.67. The van der Waals surface area contributed by atoms with E-state index < -0.39 is 27.5 Å². The van der Waals surface area contributed by atoms with Gasteiger partial charge in [-0.15, -0.1) is 11.3 Å². The third-order valence-corrected chi connectivity index (χ3v) is 3.32. The lowest BCUT2D eigenvalue weighted by molar-refractivity contribution is -0.131. The molecule has 0 radical (unpaired) electrons. The Morgan fingerprint density at radius 2 is 2.25 bits per heavy atom. The lowest BCUT2D eigenvalue weighted by atomic mass is 10.4. The number of furan rings is 1. The Morgan fingerprint density at radius 1 is 1.55 bits per heavy atom. The molecule has 2 heterocycles. The number of aromatic hydroxyl groups is 1. The Bertz CT molecular complexity index is 732. The number of hydrogen-bond donors (Lipinski definition) is 2. The van der Waals surface area contributed by atoms with Crippen LogP contribution in [0.5, 0.6) is 11.5 Å². The van der Waals surface area contributed by atoms with Crippen molar-refractivity contribution < 1.29 is 27.5 Å². The first kappa shape index (κ1) is 14.3. The number of thiazole rings is 1. The largest absolute Gasteiger partial charge is 0.501 e. The standard InChI is InChI=1S/C10H10N2O6S2/c1-5(13)17-7-6(14)8(10-11-3-4-19-10)18-9(7)12-20(2,15)16/h3-4,12,14H,1-2H3. The number of nitrogens with one attached hydrogen (secondary N) is 1. The van der Waals surface area contributed by atoms with E-state index in [1.807, 2.05) is 4.72 Å². The molecule has 0 saturated carbocycles. The molecule has 108 valence electrons. The first-order chi connectivity index (χ1) is 9.28. The number of carbonyl (C=O) groups is 1. The van der Waals surface area contributed by atoms with Crippen molar-refractivity contribution in [1.29, 1.82) is 0 Å². The van der Waals surface area contributed by atoms with Crippen molar-refractivity contribution in [2.24, 2.45) is 0 Å². The Hall–Kier alpha value is -2.07. The third-order valence-electron chi connectivity index (χ3n) is 1.99. The molecule has 0 aliphatic carbocycles. The second-order valence-corrected chi connectivity index (χ2v) is 6.39. The molecule has 0 saturated heterocycles. The van der Waals surface area contributed by atoms with Crippen LogP contribution in [0.1, 0.15) is 6.92 Å². The second-order valence-electron chi connectivity index (χ2n) is 3.74. The molecule has 0 aromatic carbocycles. The van der Waals surface area contributed by atoms with Gasteiger partial charge in [-0.05, 0) is 0 Å². The summed E-state index contributed by atoms with van der Waals surface area (Å²) in [5.74, 6) is -2.09. The summed E-state index contributed by atoms with van der Waals surface area (Å²) in [5, 5.41) is 12.0. The second kappa shape index (κ2) is 5.13. The van der Waals surface area contributed by atoms with Gasteiger partial charge < -0.3 is 14.3 Å². The number of aromatic nitrogens is 1. The molecule has 0 spiro atoms. The van der Waals surface area contributed by atoms with Crippen molar-refractivity contribution >= 4 is 33.2 Å². The highest BCUT2D eigenvalue weighted by molar-refractivity contribution is 7.92. The molecule has 8 nitrogen and oxygen atoms in total. The quantitative estimate of drug-likeness (QED) is 0.818. The summed E-state index contributed by atoms with van der Waals surface area (Å²) in [5.41, 5.74) is 0. The normalized spacial score (nSPS) is 11.3. The average Bonchev–Trinajstić information content (AvgIpc) is 2.89. The number of esters is 1. The van der Waals surface area contributed by atoms with Crippen LogP contribution in [0.2, 0.25) is 0 Å². The Kier molecular flexibility index (Phi) is 3.68. The van der Waals surface area contributed by atoms with Crippen LogP contribution < -0.4 is 9.46 Å². The highest BCUT2D eigenvalue weighted by Crippen LogP contribution is 2.46. The molecular formula is C10H10N2O6S2. The summed E-state index contributed by atoms with van der Waals surface area (Å²) in [4.78, 5) is 14.9. The molecule has 0 bridgehead atoms. The van der Waals surface area contributed by atoms with Gasteiger partial charge in [0.2, 0.25) is 27.3 Å². The van der Waals surface area contributed by atoms with Crippen LogP contribution in [-0.2, 0) is 14.8 Å². The highest BCUT2D eigenvalue weighted by atomic mass is 32.2. The van der Waals surface area contributed by atoms with E-state index in [0.29, 0.717) is 5.01 Å². The first-order valence-corrected chi connectivity index (χ1v) is 7.97. The Balaban J connectivity index is 2.54. The van der Waals surface area contributed by atoms with E-state index in [9.17, 15) is 18.3 Å². The zero-order valence-electron chi connectivity index (χ0n) is 10.4. The van der Waals surface area contributed by atoms with E-state index in [4.69, 9.17) is 9.15 Å². The highest BCUT2D eigenvalue weighted by Gasteiger charge is 2.27. The van der Waals surface area contributed by atoms with Crippen LogP contribution in [0.15, 0.2) is 16.0 Å². The number of anilines is 1. The van der Waals surface area contributed by atoms with Crippen molar-refractivity contribution in [2.75, 3.05) is 11.0 Å². The van der Waals surface area contributed by atoms with Crippen LogP contribution in [0, 0.1) is 0 Å². The fraction of sp³-hybridized carbons (Fsp3) is 0.200. The Labute approximate surface area is 118 Å². The first-order valence-electron chi connectivity index (χ1n) is 5.19. The van der Waals surface area contributed by atoms with Crippen LogP contribution in [0.3, 0.4) is 0 Å². The molecule has 2 aromatic rings. The smallest absolute Gasteiger partial charge is 0.308 e. The lowest BCUT2D eigenvalue weighted by Gasteiger charge is -2.02. The fourth-order valence-corrected chi connectivity index (χ4v) is 2.45. The number of carbonyl (C=O) groups excluding carboxylic acids is 1. The third kappa shape index (κ3) is 3.08. The van der Waals surface area contributed by atoms with Gasteiger partial charge in [0.15, 0.2) is 5.01 Å². The molecule has 10 heteroatoms. The van der Waals surface area contributed by atoms with Crippen LogP contribution in [0.25, 0.3) is 10.8 Å². The number of nitrogens with zero attached hydrogens (tertiary/aromatic N) is 1. The molecule has 0 atom stereocenters. The van der Waals surface area contributed by atoms with Gasteiger partial charge in [-0.25, -0.2) is 18.1 Å². The zero-order valence-corrected chi connectivity index (χ0v) is 12.0. The van der Waals surface area contributed by atoms with Crippen LogP contribution >= 0.6 is 11.3 Å². The summed E-state index contributed by atoms with van der Waals surface area (Å²) in [6, 6.07) is 0. The topological polar surface area (TPSA) is 119 Å². The molecule has 0 aliphatic heterocycles. The van der Waals surface area contributed by atoms with Gasteiger partial charge in [-0.3, -0.25) is 4.79 Å². The molecule has 2 N–H and O–H groups in total. The monoisotopic (exact) mass is 318 g/mol. The van der Waals surface area contributed by atoms with Gasteiger partial charge in [-0.1, -0.05) is 0 Å². The summed E-state index contributed by atoms with van der Waals surface area (Å²) >= 11 is 1.17. The predicted octanol–water partition coefficient (Wildman–Crippen LogP) is 1.41. The van der Waals surface area contributed by atoms with Gasteiger partial charge >= 0.3 is 5.97 Å². The van der Waals surface area contributed by atoms with Crippen LogP contribution in [0.4, 0.5) is 5.88 Å². The molecule has 2 aromatic heterocycles. The maximum atomic E-state index is 11.2. The fourth-order valence-electron chi connectivity index (χ4n) is 1.36. The zero-order chi connectivity index (χ0) is 14.9. The average molecular weight is 318 g/mol. The van der Waals surface area contributed by atoms with E-state index in [2.05, 4.69) is 4.98 Å². The van der Waals surface area contributed by atoms with E-state index in [1.165, 1.54) is 17.5 Å². The Morgan fingerprint density at radius 3 is 2.75 bits per heavy atom. The van der Waals surface area contributed by atoms with Gasteiger partial charge in [0.25, 0.3) is 5.88 Å². The van der Waals surface area contributed by atoms with Gasteiger partial charge in [-0.2, -0.15) is 0 Å². The summed E-state index contributed by atoms with van der Waals surface area (Å²) in [6.07, 6.45) is 2.38. The number of sulfonamides is 1. The van der Waals surface area contributed by atoms with Crippen molar-refractivity contribution in [2.45, 2.75) is 6.92 Å². The summed E-state index contributed by atoms with van der Waals surface area (Å²) < 4.78 is 34.5. The van der Waals surface area contributed by atoms with Crippen molar-refractivity contribution in [3.8, 4) is 22.3 Å². The summed E-state index contributed by atoms with van der Waals surface area (Å²) in [7, 11) is -3.67. The van der Waals surface area contributed by atoms with Gasteiger partial charge in [0, 0.05) is 18.5 Å². The van der Waals surface area contributed by atoms with E-state index >= 15 is 0 Å². The van der Waals surface area contributed by atoms with Crippen molar-refractivity contribution in [3.63, 3.8) is 0 Å². The van der Waals surface area contributed by atoms with Crippen LogP contribution in [-0.4, -0.2) is 30.7 Å². The SMILES string of the molecule is CC(=O)Oc1c(NS(C)(=O)=O)oc(-c2nccs2)c1O. The summed E-state index contributed by atoms with van der Waals surface area (Å²) in [6.45, 7) is 1.11. The van der Waals surface area contributed by atoms with Gasteiger partial charge in [0.05, 0.1) is 6.26 Å². The molecule has 0 amide bonds. The van der Waals surface area contributed by atoms with E-state index in [-0.39, 0.29) is 11.6 Å². The number of hydrogen-bond acceptors (Lipinski definition) is 8.